The van der Waals surface area contributed by atoms with Gasteiger partial charge in [-0.3, -0.25) is 9.59 Å². The maximum absolute atomic E-state index is 11.5. The molecule has 0 fully saturated rings. The third-order valence-electron chi connectivity index (χ3n) is 2.24. The Balaban J connectivity index is 2.39. The van der Waals surface area contributed by atoms with Crippen molar-refractivity contribution in [2.75, 3.05) is 32.1 Å². The molecule has 0 spiro atoms. The Bertz CT molecular complexity index is 379. The first kappa shape index (κ1) is 13.0. The minimum atomic E-state index is -0.458. The molecular formula is C12H16N2O3. The molecule has 0 aliphatic heterocycles. The van der Waals surface area contributed by atoms with Crippen molar-refractivity contribution in [3.63, 3.8) is 0 Å². The Morgan fingerprint density at radius 1 is 1.29 bits per heavy atom. The van der Waals surface area contributed by atoms with Crippen LogP contribution in [0.2, 0.25) is 0 Å². The number of amides is 1. The van der Waals surface area contributed by atoms with Crippen LogP contribution in [0.1, 0.15) is 0 Å². The van der Waals surface area contributed by atoms with Crippen molar-refractivity contribution in [3.05, 3.63) is 30.3 Å². The third kappa shape index (κ3) is 4.55. The first-order valence-electron chi connectivity index (χ1n) is 5.23. The number of esters is 1. The van der Waals surface area contributed by atoms with E-state index in [1.54, 1.807) is 4.90 Å². The molecule has 0 aromatic heterocycles. The van der Waals surface area contributed by atoms with Crippen LogP contribution in [0.3, 0.4) is 0 Å². The summed E-state index contributed by atoms with van der Waals surface area (Å²) in [7, 11) is 3.09. The van der Waals surface area contributed by atoms with Crippen LogP contribution in [0.4, 0.5) is 5.69 Å². The molecule has 5 nitrogen and oxygen atoms in total. The monoisotopic (exact) mass is 236 g/mol. The lowest BCUT2D eigenvalue weighted by molar-refractivity contribution is -0.141. The Kier molecular flexibility index (Phi) is 5.00. The number of anilines is 1. The van der Waals surface area contributed by atoms with E-state index in [0.29, 0.717) is 0 Å². The Hall–Kier alpha value is -2.04. The lowest BCUT2D eigenvalue weighted by Crippen LogP contribution is -2.38. The number of rotatable bonds is 5. The molecule has 0 saturated heterocycles. The highest BCUT2D eigenvalue weighted by atomic mass is 16.5. The van der Waals surface area contributed by atoms with E-state index in [1.165, 1.54) is 7.11 Å². The molecular weight excluding hydrogens is 220 g/mol. The van der Waals surface area contributed by atoms with Crippen LogP contribution in [-0.2, 0) is 14.3 Å². The zero-order chi connectivity index (χ0) is 12.7. The predicted octanol–water partition coefficient (Wildman–Crippen LogP) is 0.412. The standard InChI is InChI=1S/C12H16N2O3/c1-14(10-6-4-3-5-7-10)9-11(15)13-8-12(16)17-2/h3-7H,8-9H2,1-2H3,(H,13,15). The van der Waals surface area contributed by atoms with Crippen molar-refractivity contribution in [1.29, 1.82) is 0 Å². The minimum Gasteiger partial charge on any atom is -0.468 e. The number of methoxy groups -OCH3 is 1. The van der Waals surface area contributed by atoms with E-state index in [2.05, 4.69) is 10.1 Å². The van der Waals surface area contributed by atoms with E-state index in [4.69, 9.17) is 0 Å². The van der Waals surface area contributed by atoms with Gasteiger partial charge in [0.2, 0.25) is 5.91 Å². The van der Waals surface area contributed by atoms with Gasteiger partial charge >= 0.3 is 5.97 Å². The SMILES string of the molecule is COC(=O)CNC(=O)CN(C)c1ccccc1. The molecule has 5 heteroatoms. The first-order chi connectivity index (χ1) is 8.13. The largest absolute Gasteiger partial charge is 0.468 e. The second kappa shape index (κ2) is 6.52. The molecule has 1 amide bonds. The molecule has 0 bridgehead atoms. The summed E-state index contributed by atoms with van der Waals surface area (Å²) in [5.41, 5.74) is 0.945. The maximum atomic E-state index is 11.5. The summed E-state index contributed by atoms with van der Waals surface area (Å²) in [4.78, 5) is 24.1. The highest BCUT2D eigenvalue weighted by Gasteiger charge is 2.08. The molecule has 0 radical (unpaired) electrons. The smallest absolute Gasteiger partial charge is 0.325 e. The number of nitrogens with one attached hydrogen (secondary N) is 1. The van der Waals surface area contributed by atoms with Gasteiger partial charge in [0, 0.05) is 12.7 Å². The zero-order valence-electron chi connectivity index (χ0n) is 9.97. The number of carbonyl (C=O) groups is 2. The highest BCUT2D eigenvalue weighted by Crippen LogP contribution is 2.09. The number of hydrogen-bond donors (Lipinski definition) is 1. The van der Waals surface area contributed by atoms with Gasteiger partial charge in [0.1, 0.15) is 6.54 Å². The van der Waals surface area contributed by atoms with Gasteiger partial charge in [-0.1, -0.05) is 18.2 Å². The van der Waals surface area contributed by atoms with Crippen LogP contribution in [-0.4, -0.2) is 39.1 Å². The molecule has 1 rings (SSSR count). The maximum Gasteiger partial charge on any atom is 0.325 e. The number of para-hydroxylation sites is 1. The molecule has 0 unspecified atom stereocenters. The number of nitrogens with zero attached hydrogens (tertiary/aromatic N) is 1. The third-order valence-corrected chi connectivity index (χ3v) is 2.24. The van der Waals surface area contributed by atoms with Crippen molar-refractivity contribution in [2.24, 2.45) is 0 Å². The van der Waals surface area contributed by atoms with Crippen molar-refractivity contribution in [2.45, 2.75) is 0 Å². The van der Waals surface area contributed by atoms with Gasteiger partial charge in [0.05, 0.1) is 13.7 Å². The molecule has 0 aliphatic carbocycles. The molecule has 92 valence electrons. The van der Waals surface area contributed by atoms with Gasteiger partial charge < -0.3 is 15.0 Å². The van der Waals surface area contributed by atoms with E-state index in [0.717, 1.165) is 5.69 Å². The summed E-state index contributed by atoms with van der Waals surface area (Å²) in [5, 5.41) is 2.48. The number of likely N-dealkylation sites (N-methyl/N-ethyl adjacent to an activating group) is 1. The molecule has 0 atom stereocenters. The van der Waals surface area contributed by atoms with E-state index in [-0.39, 0.29) is 19.0 Å². The van der Waals surface area contributed by atoms with Crippen molar-refractivity contribution < 1.29 is 14.3 Å². The lowest BCUT2D eigenvalue weighted by atomic mass is 10.3. The number of hydrogen-bond acceptors (Lipinski definition) is 4. The fraction of sp³-hybridized carbons (Fsp3) is 0.333. The van der Waals surface area contributed by atoms with Crippen molar-refractivity contribution >= 4 is 17.6 Å². The van der Waals surface area contributed by atoms with E-state index >= 15 is 0 Å². The van der Waals surface area contributed by atoms with Gasteiger partial charge in [0.25, 0.3) is 0 Å². The van der Waals surface area contributed by atoms with Crippen LogP contribution in [0.15, 0.2) is 30.3 Å². The summed E-state index contributed by atoms with van der Waals surface area (Å²) >= 11 is 0. The summed E-state index contributed by atoms with van der Waals surface area (Å²) in [6, 6.07) is 9.53. The van der Waals surface area contributed by atoms with Crippen LogP contribution in [0, 0.1) is 0 Å². The molecule has 1 aromatic rings. The van der Waals surface area contributed by atoms with Gasteiger partial charge in [-0.2, -0.15) is 0 Å². The summed E-state index contributed by atoms with van der Waals surface area (Å²) in [6.07, 6.45) is 0. The Morgan fingerprint density at radius 2 is 1.94 bits per heavy atom. The zero-order valence-corrected chi connectivity index (χ0v) is 9.97. The average molecular weight is 236 g/mol. The van der Waals surface area contributed by atoms with Crippen LogP contribution >= 0.6 is 0 Å². The summed E-state index contributed by atoms with van der Waals surface area (Å²) in [6.45, 7) is 0.0962. The average Bonchev–Trinajstić information content (AvgIpc) is 2.36. The Morgan fingerprint density at radius 3 is 2.53 bits per heavy atom. The number of carbonyl (C=O) groups excluding carboxylic acids is 2. The topological polar surface area (TPSA) is 58.6 Å². The van der Waals surface area contributed by atoms with Crippen molar-refractivity contribution in [1.82, 2.24) is 5.32 Å². The van der Waals surface area contributed by atoms with Gasteiger partial charge in [-0.25, -0.2) is 0 Å². The van der Waals surface area contributed by atoms with Crippen molar-refractivity contribution in [3.8, 4) is 0 Å². The van der Waals surface area contributed by atoms with E-state index < -0.39 is 5.97 Å². The number of benzene rings is 1. The minimum absolute atomic E-state index is 0.0992. The molecule has 17 heavy (non-hydrogen) atoms. The fourth-order valence-electron chi connectivity index (χ4n) is 1.29. The van der Waals surface area contributed by atoms with Gasteiger partial charge in [-0.05, 0) is 12.1 Å². The number of ether oxygens (including phenoxy) is 1. The van der Waals surface area contributed by atoms with E-state index in [9.17, 15) is 9.59 Å². The highest BCUT2D eigenvalue weighted by molar-refractivity contribution is 5.85. The summed E-state index contributed by atoms with van der Waals surface area (Å²) in [5.74, 6) is -0.678. The molecule has 0 saturated carbocycles. The summed E-state index contributed by atoms with van der Waals surface area (Å²) < 4.78 is 4.42. The van der Waals surface area contributed by atoms with E-state index in [1.807, 2.05) is 37.4 Å². The predicted molar refractivity (Wildman–Crippen MR) is 64.7 cm³/mol. The fourth-order valence-corrected chi connectivity index (χ4v) is 1.29. The van der Waals surface area contributed by atoms with Crippen LogP contribution in [0.5, 0.6) is 0 Å². The molecule has 0 heterocycles. The Labute approximate surface area is 100 Å². The first-order valence-corrected chi connectivity index (χ1v) is 5.23. The van der Waals surface area contributed by atoms with Crippen LogP contribution in [0.25, 0.3) is 0 Å². The van der Waals surface area contributed by atoms with Gasteiger partial charge in [0.15, 0.2) is 0 Å². The second-order valence-electron chi connectivity index (χ2n) is 3.54. The molecule has 1 aromatic carbocycles. The molecule has 1 N–H and O–H groups in total. The quantitative estimate of drug-likeness (QED) is 0.752. The van der Waals surface area contributed by atoms with Crippen LogP contribution < -0.4 is 10.2 Å². The molecule has 0 aliphatic rings. The second-order valence-corrected chi connectivity index (χ2v) is 3.54. The van der Waals surface area contributed by atoms with Gasteiger partial charge in [-0.15, -0.1) is 0 Å². The normalized spacial score (nSPS) is 9.53. The lowest BCUT2D eigenvalue weighted by Gasteiger charge is -2.18.